The van der Waals surface area contributed by atoms with Crippen LogP contribution in [-0.2, 0) is 15.9 Å². The molecule has 0 saturated carbocycles. The van der Waals surface area contributed by atoms with Crippen LogP contribution in [0.5, 0.6) is 0 Å². The number of furan rings is 1. The molecule has 1 aromatic heterocycles. The van der Waals surface area contributed by atoms with Gasteiger partial charge < -0.3 is 4.42 Å². The van der Waals surface area contributed by atoms with E-state index in [1.165, 1.54) is 10.4 Å². The van der Waals surface area contributed by atoms with Crippen molar-refractivity contribution >= 4 is 49.3 Å². The summed E-state index contributed by atoms with van der Waals surface area (Å²) in [5.41, 5.74) is 0. The van der Waals surface area contributed by atoms with Crippen LogP contribution >= 0.6 is 39.3 Å². The van der Waals surface area contributed by atoms with Crippen LogP contribution < -0.4 is 0 Å². The minimum absolute atomic E-state index is 0.0726. The maximum absolute atomic E-state index is 12.6. The highest BCUT2D eigenvalue weighted by atomic mass is 79.9. The first kappa shape index (κ1) is 15.7. The van der Waals surface area contributed by atoms with Gasteiger partial charge in [-0.1, -0.05) is 0 Å². The summed E-state index contributed by atoms with van der Waals surface area (Å²) in [6.07, 6.45) is 0. The second-order valence-corrected chi connectivity index (χ2v) is 9.63. The van der Waals surface area contributed by atoms with E-state index in [1.807, 2.05) is 13.8 Å². The van der Waals surface area contributed by atoms with E-state index in [1.54, 1.807) is 11.8 Å². The minimum atomic E-state index is -3.53. The molecule has 1 saturated heterocycles. The maximum Gasteiger partial charge on any atom is 0.247 e. The van der Waals surface area contributed by atoms with Crippen molar-refractivity contribution in [2.24, 2.45) is 0 Å². The SMILES string of the molecule is CC1(C)CN(S(=O)(=O)c2cc(CCl)oc2Br)CCS1. The Morgan fingerprint density at radius 3 is 2.79 bits per heavy atom. The Morgan fingerprint density at radius 2 is 2.26 bits per heavy atom. The van der Waals surface area contributed by atoms with Crippen molar-refractivity contribution in [1.82, 2.24) is 4.31 Å². The van der Waals surface area contributed by atoms with Crippen LogP contribution in [0, 0.1) is 0 Å². The monoisotopic (exact) mass is 387 g/mol. The molecule has 1 aliphatic rings. The van der Waals surface area contributed by atoms with Gasteiger partial charge in [0, 0.05) is 29.7 Å². The summed E-state index contributed by atoms with van der Waals surface area (Å²) in [7, 11) is -3.53. The van der Waals surface area contributed by atoms with Gasteiger partial charge in [0.2, 0.25) is 10.0 Å². The van der Waals surface area contributed by atoms with Crippen LogP contribution in [0.1, 0.15) is 19.6 Å². The molecule has 8 heteroatoms. The van der Waals surface area contributed by atoms with Gasteiger partial charge in [0.15, 0.2) is 4.67 Å². The number of thioether (sulfide) groups is 1. The van der Waals surface area contributed by atoms with Gasteiger partial charge in [0.25, 0.3) is 0 Å². The van der Waals surface area contributed by atoms with Gasteiger partial charge >= 0.3 is 0 Å². The number of alkyl halides is 1. The van der Waals surface area contributed by atoms with Crippen molar-refractivity contribution in [1.29, 1.82) is 0 Å². The van der Waals surface area contributed by atoms with E-state index in [4.69, 9.17) is 16.0 Å². The zero-order valence-electron chi connectivity index (χ0n) is 10.7. The second kappa shape index (κ2) is 5.60. The molecule has 0 unspecified atom stereocenters. The number of hydrogen-bond donors (Lipinski definition) is 0. The number of sulfonamides is 1. The van der Waals surface area contributed by atoms with E-state index in [9.17, 15) is 8.42 Å². The highest BCUT2D eigenvalue weighted by Gasteiger charge is 2.36. The first-order valence-electron chi connectivity index (χ1n) is 5.74. The average molecular weight is 389 g/mol. The smallest absolute Gasteiger partial charge is 0.247 e. The molecule has 108 valence electrons. The largest absolute Gasteiger partial charge is 0.452 e. The Bertz CT molecular complexity index is 570. The molecule has 0 aromatic carbocycles. The number of halogens is 2. The van der Waals surface area contributed by atoms with Crippen molar-refractivity contribution in [2.75, 3.05) is 18.8 Å². The average Bonchev–Trinajstić information content (AvgIpc) is 2.70. The summed E-state index contributed by atoms with van der Waals surface area (Å²) in [4.78, 5) is 0.158. The molecule has 0 aliphatic carbocycles. The summed E-state index contributed by atoms with van der Waals surface area (Å²) < 4.78 is 32.1. The number of hydrogen-bond acceptors (Lipinski definition) is 4. The third kappa shape index (κ3) is 3.32. The van der Waals surface area contributed by atoms with Gasteiger partial charge in [-0.3, -0.25) is 0 Å². The maximum atomic E-state index is 12.6. The minimum Gasteiger partial charge on any atom is -0.452 e. The zero-order valence-corrected chi connectivity index (χ0v) is 14.6. The van der Waals surface area contributed by atoms with Crippen molar-refractivity contribution in [2.45, 2.75) is 29.4 Å². The summed E-state index contributed by atoms with van der Waals surface area (Å²) >= 11 is 10.6. The lowest BCUT2D eigenvalue weighted by Crippen LogP contribution is -2.46. The van der Waals surface area contributed by atoms with Crippen LogP contribution in [-0.4, -0.2) is 36.3 Å². The number of nitrogens with zero attached hydrogens (tertiary/aromatic N) is 1. The van der Waals surface area contributed by atoms with Gasteiger partial charge in [-0.15, -0.1) is 11.6 Å². The predicted molar refractivity (Wildman–Crippen MR) is 81.3 cm³/mol. The van der Waals surface area contributed by atoms with Gasteiger partial charge in [-0.25, -0.2) is 8.42 Å². The normalized spacial score (nSPS) is 20.6. The molecule has 2 rings (SSSR count). The standard InChI is InChI=1S/C11H15BrClNO3S2/c1-11(2)7-14(3-4-18-11)19(15,16)9-5-8(6-13)17-10(9)12/h5H,3-4,6-7H2,1-2H3. The molecule has 1 aliphatic heterocycles. The van der Waals surface area contributed by atoms with Crippen molar-refractivity contribution < 1.29 is 12.8 Å². The molecule has 0 bridgehead atoms. The first-order valence-corrected chi connectivity index (χ1v) is 9.50. The topological polar surface area (TPSA) is 50.5 Å². The van der Waals surface area contributed by atoms with Crippen LogP contribution in [0.3, 0.4) is 0 Å². The third-order valence-electron chi connectivity index (χ3n) is 2.85. The van der Waals surface area contributed by atoms with Gasteiger partial charge in [0.05, 0.1) is 5.88 Å². The van der Waals surface area contributed by atoms with Crippen molar-refractivity contribution in [3.8, 4) is 0 Å². The van der Waals surface area contributed by atoms with Crippen molar-refractivity contribution in [3.63, 3.8) is 0 Å². The quantitative estimate of drug-likeness (QED) is 0.746. The van der Waals surface area contributed by atoms with Crippen LogP contribution in [0.25, 0.3) is 0 Å². The van der Waals surface area contributed by atoms with Crippen LogP contribution in [0.4, 0.5) is 0 Å². The van der Waals surface area contributed by atoms with E-state index < -0.39 is 10.0 Å². The third-order valence-corrected chi connectivity index (χ3v) is 7.11. The van der Waals surface area contributed by atoms with Crippen LogP contribution in [0.15, 0.2) is 20.0 Å². The van der Waals surface area contributed by atoms with E-state index in [0.717, 1.165) is 5.75 Å². The molecule has 0 N–H and O–H groups in total. The molecule has 1 fully saturated rings. The van der Waals surface area contributed by atoms with E-state index in [0.29, 0.717) is 18.8 Å². The molecule has 0 radical (unpaired) electrons. The summed E-state index contributed by atoms with van der Waals surface area (Å²) in [6, 6.07) is 1.49. The number of rotatable bonds is 3. The lowest BCUT2D eigenvalue weighted by atomic mass is 10.2. The zero-order chi connectivity index (χ0) is 14.3. The molecule has 19 heavy (non-hydrogen) atoms. The summed E-state index contributed by atoms with van der Waals surface area (Å²) in [5.74, 6) is 1.39. The fourth-order valence-corrected chi connectivity index (χ4v) is 5.96. The Morgan fingerprint density at radius 1 is 1.58 bits per heavy atom. The molecule has 2 heterocycles. The van der Waals surface area contributed by atoms with Gasteiger partial charge in [0.1, 0.15) is 10.7 Å². The molecular formula is C11H15BrClNO3S2. The first-order chi connectivity index (χ1) is 8.76. The molecule has 0 amide bonds. The Hall–Kier alpha value is 0.310. The molecule has 0 atom stereocenters. The molecule has 1 aromatic rings. The van der Waals surface area contributed by atoms with E-state index >= 15 is 0 Å². The fourth-order valence-electron chi connectivity index (χ4n) is 1.96. The highest BCUT2D eigenvalue weighted by molar-refractivity contribution is 9.10. The lowest BCUT2D eigenvalue weighted by molar-refractivity contribution is 0.386. The van der Waals surface area contributed by atoms with Gasteiger partial charge in [-0.05, 0) is 29.8 Å². The summed E-state index contributed by atoms with van der Waals surface area (Å²) in [6.45, 7) is 5.11. The summed E-state index contributed by atoms with van der Waals surface area (Å²) in [5, 5.41) is 0. The fraction of sp³-hybridized carbons (Fsp3) is 0.636. The second-order valence-electron chi connectivity index (χ2n) is 4.93. The van der Waals surface area contributed by atoms with E-state index in [2.05, 4.69) is 15.9 Å². The highest BCUT2D eigenvalue weighted by Crippen LogP contribution is 2.35. The lowest BCUT2D eigenvalue weighted by Gasteiger charge is -2.36. The molecular weight excluding hydrogens is 374 g/mol. The predicted octanol–water partition coefficient (Wildman–Crippen LogP) is 3.30. The van der Waals surface area contributed by atoms with Crippen LogP contribution in [0.2, 0.25) is 0 Å². The molecule has 0 spiro atoms. The van der Waals surface area contributed by atoms with Crippen molar-refractivity contribution in [3.05, 3.63) is 16.5 Å². The Balaban J connectivity index is 2.34. The van der Waals surface area contributed by atoms with Gasteiger partial charge in [-0.2, -0.15) is 16.1 Å². The molecule has 4 nitrogen and oxygen atoms in total. The van der Waals surface area contributed by atoms with E-state index in [-0.39, 0.29) is 20.2 Å². The Labute approximate surface area is 131 Å². The Kier molecular flexibility index (Phi) is 4.62.